The van der Waals surface area contributed by atoms with Gasteiger partial charge in [0, 0.05) is 32.1 Å². The second-order valence-corrected chi connectivity index (χ2v) is 5.56. The van der Waals surface area contributed by atoms with Gasteiger partial charge in [-0.3, -0.25) is 14.6 Å². The number of aryl methyl sites for hydroxylation is 1. The fourth-order valence-electron chi connectivity index (χ4n) is 3.18. The van der Waals surface area contributed by atoms with Crippen LogP contribution >= 0.6 is 0 Å². The van der Waals surface area contributed by atoms with Crippen LogP contribution < -0.4 is 5.32 Å². The van der Waals surface area contributed by atoms with Crippen LogP contribution in [0.15, 0.2) is 18.3 Å². The van der Waals surface area contributed by atoms with Crippen molar-refractivity contribution in [2.24, 2.45) is 5.92 Å². The molecule has 21 heavy (non-hydrogen) atoms. The van der Waals surface area contributed by atoms with Crippen LogP contribution in [0.25, 0.3) is 0 Å². The van der Waals surface area contributed by atoms with Gasteiger partial charge < -0.3 is 15.0 Å². The monoisotopic (exact) mass is 289 g/mol. The molecule has 2 amide bonds. The minimum Gasteiger partial charge on any atom is -0.375 e. The number of amides is 2. The molecular weight excluding hydrogens is 270 g/mol. The normalized spacial score (nSPS) is 27.5. The molecule has 6 nitrogen and oxygen atoms in total. The van der Waals surface area contributed by atoms with Crippen molar-refractivity contribution in [2.75, 3.05) is 20.2 Å². The maximum Gasteiger partial charge on any atom is 0.255 e. The van der Waals surface area contributed by atoms with Gasteiger partial charge in [0.25, 0.3) is 5.91 Å². The van der Waals surface area contributed by atoms with E-state index in [2.05, 4.69) is 10.3 Å². The highest BCUT2D eigenvalue weighted by molar-refractivity contribution is 5.95. The van der Waals surface area contributed by atoms with E-state index in [1.807, 2.05) is 13.0 Å². The molecule has 6 heteroatoms. The zero-order valence-corrected chi connectivity index (χ0v) is 12.2. The van der Waals surface area contributed by atoms with Crippen molar-refractivity contribution in [3.63, 3.8) is 0 Å². The lowest BCUT2D eigenvalue weighted by Gasteiger charge is -2.22. The number of nitrogens with one attached hydrogen (secondary N) is 1. The number of carbonyl (C=O) groups is 2. The smallest absolute Gasteiger partial charge is 0.255 e. The van der Waals surface area contributed by atoms with Crippen molar-refractivity contribution in [1.82, 2.24) is 15.2 Å². The fourth-order valence-corrected chi connectivity index (χ4v) is 3.18. The van der Waals surface area contributed by atoms with Gasteiger partial charge in [0.05, 0.1) is 23.6 Å². The summed E-state index contributed by atoms with van der Waals surface area (Å²) in [6.07, 6.45) is 2.19. The lowest BCUT2D eigenvalue weighted by atomic mass is 10.0. The van der Waals surface area contributed by atoms with Crippen molar-refractivity contribution in [1.29, 1.82) is 0 Å². The van der Waals surface area contributed by atoms with Gasteiger partial charge in [0.15, 0.2) is 0 Å². The Bertz CT molecular complexity index is 558. The van der Waals surface area contributed by atoms with Crippen molar-refractivity contribution < 1.29 is 14.3 Å². The van der Waals surface area contributed by atoms with Gasteiger partial charge in [-0.05, 0) is 25.5 Å². The highest BCUT2D eigenvalue weighted by Crippen LogP contribution is 2.34. The van der Waals surface area contributed by atoms with Crippen molar-refractivity contribution in [3.05, 3.63) is 29.6 Å². The van der Waals surface area contributed by atoms with E-state index in [9.17, 15) is 9.59 Å². The van der Waals surface area contributed by atoms with E-state index in [1.165, 1.54) is 0 Å². The summed E-state index contributed by atoms with van der Waals surface area (Å²) in [7, 11) is 1.61. The number of ether oxygens (including phenoxy) is 1. The first-order valence-corrected chi connectivity index (χ1v) is 7.18. The lowest BCUT2D eigenvalue weighted by molar-refractivity contribution is -0.127. The Morgan fingerprint density at radius 2 is 2.24 bits per heavy atom. The third kappa shape index (κ3) is 2.40. The molecule has 0 bridgehead atoms. The second kappa shape index (κ2) is 5.44. The van der Waals surface area contributed by atoms with E-state index in [1.54, 1.807) is 24.2 Å². The van der Waals surface area contributed by atoms with Gasteiger partial charge >= 0.3 is 0 Å². The first kappa shape index (κ1) is 14.0. The Kier molecular flexibility index (Phi) is 3.63. The number of hydrogen-bond donors (Lipinski definition) is 1. The van der Waals surface area contributed by atoms with Crippen LogP contribution in [0.4, 0.5) is 0 Å². The van der Waals surface area contributed by atoms with Crippen molar-refractivity contribution in [3.8, 4) is 0 Å². The third-order valence-corrected chi connectivity index (χ3v) is 4.30. The topological polar surface area (TPSA) is 71.5 Å². The molecule has 2 fully saturated rings. The molecule has 112 valence electrons. The minimum atomic E-state index is -0.287. The zero-order chi connectivity index (χ0) is 15.0. The molecule has 0 aliphatic carbocycles. The zero-order valence-electron chi connectivity index (χ0n) is 12.2. The molecule has 2 aliphatic rings. The molecule has 2 saturated heterocycles. The number of fused-ring (bicyclic) bond motifs is 1. The molecule has 0 saturated carbocycles. The molecule has 3 atom stereocenters. The van der Waals surface area contributed by atoms with E-state index in [0.29, 0.717) is 18.7 Å². The number of carbonyl (C=O) groups excluding carboxylic acids is 2. The third-order valence-electron chi connectivity index (χ3n) is 4.30. The van der Waals surface area contributed by atoms with Crippen LogP contribution in [0.1, 0.15) is 22.5 Å². The van der Waals surface area contributed by atoms with Gasteiger partial charge in [-0.2, -0.15) is 0 Å². The molecule has 0 aromatic carbocycles. The Labute approximate surface area is 123 Å². The standard InChI is InChI=1S/C15H19N3O3/c1-9-3-4-10(7-17-9)15(20)18-8-11(14(19)16-2)13-12(18)5-6-21-13/h3-4,7,11-13H,5-6,8H2,1-2H3,(H,16,19)/t11-,12+,13+/m0/s1. The number of likely N-dealkylation sites (tertiary alicyclic amines) is 1. The summed E-state index contributed by atoms with van der Waals surface area (Å²) in [4.78, 5) is 30.6. The van der Waals surface area contributed by atoms with Gasteiger partial charge in [-0.15, -0.1) is 0 Å². The lowest BCUT2D eigenvalue weighted by Crippen LogP contribution is -2.37. The molecule has 0 radical (unpaired) electrons. The highest BCUT2D eigenvalue weighted by atomic mass is 16.5. The summed E-state index contributed by atoms with van der Waals surface area (Å²) in [5, 5.41) is 2.66. The van der Waals surface area contributed by atoms with Crippen LogP contribution in [0, 0.1) is 12.8 Å². The van der Waals surface area contributed by atoms with Gasteiger partial charge in [-0.25, -0.2) is 0 Å². The van der Waals surface area contributed by atoms with Crippen LogP contribution in [0.5, 0.6) is 0 Å². The van der Waals surface area contributed by atoms with Gasteiger partial charge in [0.1, 0.15) is 0 Å². The van der Waals surface area contributed by atoms with Gasteiger partial charge in [-0.1, -0.05) is 0 Å². The molecule has 3 heterocycles. The Morgan fingerprint density at radius 3 is 2.90 bits per heavy atom. The summed E-state index contributed by atoms with van der Waals surface area (Å²) in [6, 6.07) is 3.59. The summed E-state index contributed by atoms with van der Waals surface area (Å²) in [5.41, 5.74) is 1.43. The Hall–Kier alpha value is -1.95. The molecular formula is C15H19N3O3. The SMILES string of the molecule is CNC(=O)[C@H]1CN(C(=O)c2ccc(C)nc2)[C@@H]2CCO[C@H]12. The fraction of sp³-hybridized carbons (Fsp3) is 0.533. The first-order chi connectivity index (χ1) is 10.1. The molecule has 1 N–H and O–H groups in total. The average molecular weight is 289 g/mol. The summed E-state index contributed by atoms with van der Waals surface area (Å²) >= 11 is 0. The predicted molar refractivity (Wildman–Crippen MR) is 75.7 cm³/mol. The summed E-state index contributed by atoms with van der Waals surface area (Å²) in [6.45, 7) is 2.88. The molecule has 0 unspecified atom stereocenters. The number of nitrogens with zero attached hydrogens (tertiary/aromatic N) is 2. The Morgan fingerprint density at radius 1 is 1.43 bits per heavy atom. The van der Waals surface area contributed by atoms with E-state index in [4.69, 9.17) is 4.74 Å². The molecule has 3 rings (SSSR count). The number of pyridine rings is 1. The highest BCUT2D eigenvalue weighted by Gasteiger charge is 2.50. The van der Waals surface area contributed by atoms with Crippen LogP contribution in [-0.4, -0.2) is 54.0 Å². The molecule has 0 spiro atoms. The maximum atomic E-state index is 12.7. The largest absolute Gasteiger partial charge is 0.375 e. The summed E-state index contributed by atoms with van der Waals surface area (Å²) < 4.78 is 5.68. The number of rotatable bonds is 2. The Balaban J connectivity index is 1.83. The van der Waals surface area contributed by atoms with Crippen molar-refractivity contribution >= 4 is 11.8 Å². The van der Waals surface area contributed by atoms with Gasteiger partial charge in [0.2, 0.25) is 5.91 Å². The first-order valence-electron chi connectivity index (χ1n) is 7.18. The van der Waals surface area contributed by atoms with Crippen LogP contribution in [-0.2, 0) is 9.53 Å². The minimum absolute atomic E-state index is 0.0129. The average Bonchev–Trinajstić information content (AvgIpc) is 3.08. The van der Waals surface area contributed by atoms with E-state index in [0.717, 1.165) is 12.1 Å². The maximum absolute atomic E-state index is 12.7. The summed E-state index contributed by atoms with van der Waals surface area (Å²) in [5.74, 6) is -0.427. The van der Waals surface area contributed by atoms with Crippen LogP contribution in [0.2, 0.25) is 0 Å². The molecule has 1 aromatic rings. The van der Waals surface area contributed by atoms with E-state index >= 15 is 0 Å². The van der Waals surface area contributed by atoms with E-state index in [-0.39, 0.29) is 29.9 Å². The van der Waals surface area contributed by atoms with Crippen LogP contribution in [0.3, 0.4) is 0 Å². The predicted octanol–water partition coefficient (Wildman–Crippen LogP) is 0.366. The molecule has 1 aromatic heterocycles. The quantitative estimate of drug-likeness (QED) is 0.853. The molecule has 2 aliphatic heterocycles. The second-order valence-electron chi connectivity index (χ2n) is 5.56. The number of aromatic nitrogens is 1. The van der Waals surface area contributed by atoms with Crippen molar-refractivity contribution in [2.45, 2.75) is 25.5 Å². The van der Waals surface area contributed by atoms with E-state index < -0.39 is 0 Å². The number of hydrogen-bond acceptors (Lipinski definition) is 4.